The summed E-state index contributed by atoms with van der Waals surface area (Å²) in [5.41, 5.74) is 4.91. The standard InChI is InChI=1S/C25H15N3/c1-2-7-16(8-3-1)23-22-19-13-12-17-9-6-14-26-24(17)25(19)27-15-20(22)18-10-4-5-11-21(18)28-23/h1-15H. The van der Waals surface area contributed by atoms with Gasteiger partial charge in [-0.15, -0.1) is 0 Å². The monoisotopic (exact) mass is 357 g/mol. The molecule has 0 saturated carbocycles. The molecule has 3 aromatic heterocycles. The van der Waals surface area contributed by atoms with E-state index >= 15 is 0 Å². The van der Waals surface area contributed by atoms with Crippen LogP contribution in [0.5, 0.6) is 0 Å². The van der Waals surface area contributed by atoms with E-state index in [1.54, 1.807) is 0 Å². The maximum Gasteiger partial charge on any atom is 0.0971 e. The molecule has 3 nitrogen and oxygen atoms in total. The van der Waals surface area contributed by atoms with Crippen molar-refractivity contribution in [1.29, 1.82) is 0 Å². The molecule has 0 spiro atoms. The fraction of sp³-hybridized carbons (Fsp3) is 0. The lowest BCUT2D eigenvalue weighted by Crippen LogP contribution is -1.93. The molecule has 0 aliphatic rings. The highest BCUT2D eigenvalue weighted by Crippen LogP contribution is 2.37. The van der Waals surface area contributed by atoms with Gasteiger partial charge in [-0.25, -0.2) is 4.98 Å². The van der Waals surface area contributed by atoms with E-state index in [0.717, 1.165) is 54.7 Å². The summed E-state index contributed by atoms with van der Waals surface area (Å²) < 4.78 is 0. The lowest BCUT2D eigenvalue weighted by Gasteiger charge is -2.13. The first-order valence-electron chi connectivity index (χ1n) is 9.30. The molecule has 0 bridgehead atoms. The van der Waals surface area contributed by atoms with E-state index in [2.05, 4.69) is 65.6 Å². The van der Waals surface area contributed by atoms with Gasteiger partial charge in [0.25, 0.3) is 0 Å². The minimum Gasteiger partial charge on any atom is -0.254 e. The highest BCUT2D eigenvalue weighted by Gasteiger charge is 2.15. The molecule has 0 fully saturated rings. The second-order valence-electron chi connectivity index (χ2n) is 6.93. The molecule has 0 amide bonds. The van der Waals surface area contributed by atoms with Gasteiger partial charge in [0.1, 0.15) is 0 Å². The summed E-state index contributed by atoms with van der Waals surface area (Å²) in [5.74, 6) is 0. The van der Waals surface area contributed by atoms with E-state index in [0.29, 0.717) is 0 Å². The van der Waals surface area contributed by atoms with Crippen molar-refractivity contribution in [3.05, 3.63) is 91.3 Å². The Labute approximate surface area is 161 Å². The van der Waals surface area contributed by atoms with Crippen LogP contribution in [0.15, 0.2) is 91.3 Å². The van der Waals surface area contributed by atoms with Crippen molar-refractivity contribution < 1.29 is 0 Å². The van der Waals surface area contributed by atoms with Crippen LogP contribution in [-0.2, 0) is 0 Å². The van der Waals surface area contributed by atoms with E-state index in [-0.39, 0.29) is 0 Å². The number of fused-ring (bicyclic) bond motifs is 7. The average Bonchev–Trinajstić information content (AvgIpc) is 2.78. The van der Waals surface area contributed by atoms with E-state index in [9.17, 15) is 0 Å². The first kappa shape index (κ1) is 15.2. The van der Waals surface area contributed by atoms with Crippen molar-refractivity contribution in [3.8, 4) is 11.3 Å². The van der Waals surface area contributed by atoms with Gasteiger partial charge in [0, 0.05) is 44.9 Å². The number of para-hydroxylation sites is 1. The van der Waals surface area contributed by atoms with Crippen LogP contribution < -0.4 is 0 Å². The molecule has 0 aliphatic heterocycles. The number of rotatable bonds is 1. The summed E-state index contributed by atoms with van der Waals surface area (Å²) in [4.78, 5) is 14.5. The molecule has 6 aromatic rings. The maximum atomic E-state index is 5.06. The molecule has 6 rings (SSSR count). The zero-order valence-electron chi connectivity index (χ0n) is 15.0. The number of aromatic nitrogens is 3. The largest absolute Gasteiger partial charge is 0.254 e. The summed E-state index contributed by atoms with van der Waals surface area (Å²) >= 11 is 0. The summed E-state index contributed by atoms with van der Waals surface area (Å²) in [5, 5.41) is 5.54. The quantitative estimate of drug-likeness (QED) is 0.331. The number of hydrogen-bond donors (Lipinski definition) is 0. The lowest BCUT2D eigenvalue weighted by atomic mass is 9.97. The van der Waals surface area contributed by atoms with E-state index in [1.165, 1.54) is 0 Å². The van der Waals surface area contributed by atoms with Gasteiger partial charge in [-0.2, -0.15) is 0 Å². The molecule has 3 heterocycles. The van der Waals surface area contributed by atoms with Gasteiger partial charge >= 0.3 is 0 Å². The van der Waals surface area contributed by atoms with Gasteiger partial charge in [-0.1, -0.05) is 66.7 Å². The Morgan fingerprint density at radius 1 is 0.571 bits per heavy atom. The Morgan fingerprint density at radius 2 is 1.43 bits per heavy atom. The Morgan fingerprint density at radius 3 is 2.36 bits per heavy atom. The first-order chi connectivity index (χ1) is 13.9. The van der Waals surface area contributed by atoms with E-state index in [4.69, 9.17) is 9.97 Å². The van der Waals surface area contributed by atoms with Crippen LogP contribution >= 0.6 is 0 Å². The second-order valence-corrected chi connectivity index (χ2v) is 6.93. The van der Waals surface area contributed by atoms with Crippen LogP contribution in [0.2, 0.25) is 0 Å². The molecule has 3 aromatic carbocycles. The zero-order chi connectivity index (χ0) is 18.5. The van der Waals surface area contributed by atoms with Gasteiger partial charge in [-0.05, 0) is 12.1 Å². The van der Waals surface area contributed by atoms with E-state index in [1.807, 2.05) is 30.6 Å². The highest BCUT2D eigenvalue weighted by molar-refractivity contribution is 6.23. The topological polar surface area (TPSA) is 38.7 Å². The molecule has 28 heavy (non-hydrogen) atoms. The SMILES string of the molecule is c1ccc(-c2nc3ccccc3c3cnc4c(ccc5cccnc54)c23)cc1. The van der Waals surface area contributed by atoms with E-state index < -0.39 is 0 Å². The number of hydrogen-bond acceptors (Lipinski definition) is 3. The van der Waals surface area contributed by atoms with Crippen molar-refractivity contribution in [2.45, 2.75) is 0 Å². The molecule has 0 atom stereocenters. The average molecular weight is 357 g/mol. The van der Waals surface area contributed by atoms with Crippen LogP contribution in [0.3, 0.4) is 0 Å². The predicted octanol–water partition coefficient (Wildman–Crippen LogP) is 6.15. The molecule has 0 aliphatic carbocycles. The van der Waals surface area contributed by atoms with Crippen LogP contribution in [0.25, 0.3) is 54.7 Å². The molecule has 0 radical (unpaired) electrons. The van der Waals surface area contributed by atoms with Crippen LogP contribution in [0.4, 0.5) is 0 Å². The smallest absolute Gasteiger partial charge is 0.0971 e. The van der Waals surface area contributed by atoms with Crippen molar-refractivity contribution in [2.75, 3.05) is 0 Å². The summed E-state index contributed by atoms with van der Waals surface area (Å²) in [6, 6.07) is 26.9. The molecule has 0 N–H and O–H groups in total. The van der Waals surface area contributed by atoms with Crippen molar-refractivity contribution in [3.63, 3.8) is 0 Å². The molecular weight excluding hydrogens is 342 g/mol. The third-order valence-corrected chi connectivity index (χ3v) is 5.32. The van der Waals surface area contributed by atoms with Crippen molar-refractivity contribution in [2.24, 2.45) is 0 Å². The minimum atomic E-state index is 0.917. The Bertz CT molecular complexity index is 1500. The molecule has 3 heteroatoms. The minimum absolute atomic E-state index is 0.917. The second kappa shape index (κ2) is 5.83. The van der Waals surface area contributed by atoms with Crippen LogP contribution in [-0.4, -0.2) is 15.0 Å². The van der Waals surface area contributed by atoms with Gasteiger partial charge in [-0.3, -0.25) is 9.97 Å². The molecule has 0 unspecified atom stereocenters. The maximum absolute atomic E-state index is 5.06. The summed E-state index contributed by atoms with van der Waals surface area (Å²) in [6.45, 7) is 0. The Hall–Kier alpha value is -3.85. The first-order valence-corrected chi connectivity index (χ1v) is 9.30. The third kappa shape index (κ3) is 2.13. The fourth-order valence-corrected chi connectivity index (χ4v) is 4.04. The zero-order valence-corrected chi connectivity index (χ0v) is 15.0. The third-order valence-electron chi connectivity index (χ3n) is 5.32. The molecular formula is C25H15N3. The van der Waals surface area contributed by atoms with Crippen LogP contribution in [0.1, 0.15) is 0 Å². The number of benzene rings is 3. The van der Waals surface area contributed by atoms with Gasteiger partial charge < -0.3 is 0 Å². The number of nitrogens with zero attached hydrogens (tertiary/aromatic N) is 3. The summed E-state index contributed by atoms with van der Waals surface area (Å²) in [7, 11) is 0. The lowest BCUT2D eigenvalue weighted by molar-refractivity contribution is 1.38. The highest BCUT2D eigenvalue weighted by atomic mass is 14.7. The molecule has 130 valence electrons. The fourth-order valence-electron chi connectivity index (χ4n) is 4.04. The van der Waals surface area contributed by atoms with Gasteiger partial charge in [0.15, 0.2) is 0 Å². The van der Waals surface area contributed by atoms with Crippen LogP contribution in [0, 0.1) is 0 Å². The summed E-state index contributed by atoms with van der Waals surface area (Å²) in [6.07, 6.45) is 3.80. The Balaban J connectivity index is 1.89. The van der Waals surface area contributed by atoms with Crippen molar-refractivity contribution in [1.82, 2.24) is 15.0 Å². The van der Waals surface area contributed by atoms with Gasteiger partial charge in [0.05, 0.1) is 22.2 Å². The normalized spacial score (nSPS) is 11.6. The van der Waals surface area contributed by atoms with Gasteiger partial charge in [0.2, 0.25) is 0 Å². The predicted molar refractivity (Wildman–Crippen MR) is 115 cm³/mol. The molecule has 0 saturated heterocycles. The van der Waals surface area contributed by atoms with Crippen molar-refractivity contribution >= 4 is 43.5 Å². The Kier molecular flexibility index (Phi) is 3.17. The number of pyridine rings is 3.